The third-order valence-electron chi connectivity index (χ3n) is 2.61. The second kappa shape index (κ2) is 5.73. The molecule has 4 nitrogen and oxygen atoms in total. The molecule has 0 aromatic rings. The van der Waals surface area contributed by atoms with Crippen molar-refractivity contribution in [2.45, 2.75) is 45.6 Å². The van der Waals surface area contributed by atoms with Gasteiger partial charge in [0.2, 0.25) is 0 Å². The molecular formula is C11H18O4. The zero-order valence-corrected chi connectivity index (χ0v) is 9.32. The van der Waals surface area contributed by atoms with Gasteiger partial charge in [0, 0.05) is 6.92 Å². The van der Waals surface area contributed by atoms with Crippen molar-refractivity contribution in [3.8, 4) is 0 Å². The third kappa shape index (κ3) is 3.53. The van der Waals surface area contributed by atoms with Crippen LogP contribution >= 0.6 is 0 Å². The molecule has 0 unspecified atom stereocenters. The zero-order chi connectivity index (χ0) is 11.3. The molecule has 0 amide bonds. The Morgan fingerprint density at radius 2 is 1.93 bits per heavy atom. The Morgan fingerprint density at radius 3 is 2.53 bits per heavy atom. The van der Waals surface area contributed by atoms with Crippen molar-refractivity contribution < 1.29 is 19.1 Å². The van der Waals surface area contributed by atoms with E-state index in [-0.39, 0.29) is 24.0 Å². The van der Waals surface area contributed by atoms with Crippen LogP contribution in [0.4, 0.5) is 0 Å². The summed E-state index contributed by atoms with van der Waals surface area (Å²) in [5.74, 6) is -0.817. The Kier molecular flexibility index (Phi) is 4.59. The van der Waals surface area contributed by atoms with E-state index >= 15 is 0 Å². The number of carbonyl (C=O) groups excluding carboxylic acids is 2. The standard InChI is InChI=1S/C11H18O4/c1-3-14-11(13)9-6-4-5-7-10(9)15-8(2)12/h9-10H,3-7H2,1-2H3/t9-,10-/m1/s1. The maximum Gasteiger partial charge on any atom is 0.312 e. The summed E-state index contributed by atoms with van der Waals surface area (Å²) in [6.07, 6.45) is 3.25. The highest BCUT2D eigenvalue weighted by Gasteiger charge is 2.34. The van der Waals surface area contributed by atoms with Gasteiger partial charge in [-0.25, -0.2) is 0 Å². The number of esters is 2. The zero-order valence-electron chi connectivity index (χ0n) is 9.32. The van der Waals surface area contributed by atoms with Crippen LogP contribution in [-0.4, -0.2) is 24.6 Å². The first-order valence-corrected chi connectivity index (χ1v) is 5.49. The topological polar surface area (TPSA) is 52.6 Å². The maximum atomic E-state index is 11.6. The maximum absolute atomic E-state index is 11.6. The molecule has 0 radical (unpaired) electrons. The molecule has 1 rings (SSSR count). The minimum absolute atomic E-state index is 0.233. The van der Waals surface area contributed by atoms with E-state index in [4.69, 9.17) is 9.47 Å². The number of carbonyl (C=O) groups is 2. The van der Waals surface area contributed by atoms with Gasteiger partial charge in [-0.1, -0.05) is 6.42 Å². The molecule has 0 N–H and O–H groups in total. The van der Waals surface area contributed by atoms with Crippen LogP contribution in [-0.2, 0) is 19.1 Å². The first kappa shape index (κ1) is 12.0. The summed E-state index contributed by atoms with van der Waals surface area (Å²) in [4.78, 5) is 22.4. The summed E-state index contributed by atoms with van der Waals surface area (Å²) in [6, 6.07) is 0. The lowest BCUT2D eigenvalue weighted by molar-refractivity contribution is -0.162. The van der Waals surface area contributed by atoms with Gasteiger partial charge in [-0.15, -0.1) is 0 Å². The summed E-state index contributed by atoms with van der Waals surface area (Å²) >= 11 is 0. The van der Waals surface area contributed by atoms with Gasteiger partial charge in [-0.3, -0.25) is 9.59 Å². The molecule has 15 heavy (non-hydrogen) atoms. The number of rotatable bonds is 3. The van der Waals surface area contributed by atoms with Crippen LogP contribution in [0.3, 0.4) is 0 Å². The quantitative estimate of drug-likeness (QED) is 0.670. The van der Waals surface area contributed by atoms with E-state index in [1.807, 2.05) is 0 Å². The molecule has 0 heterocycles. The van der Waals surface area contributed by atoms with Gasteiger partial charge in [-0.2, -0.15) is 0 Å². The highest BCUT2D eigenvalue weighted by atomic mass is 16.6. The smallest absolute Gasteiger partial charge is 0.312 e. The fourth-order valence-corrected chi connectivity index (χ4v) is 1.97. The van der Waals surface area contributed by atoms with E-state index in [1.165, 1.54) is 6.92 Å². The van der Waals surface area contributed by atoms with Gasteiger partial charge in [0.15, 0.2) is 0 Å². The molecule has 1 fully saturated rings. The van der Waals surface area contributed by atoms with Crippen molar-refractivity contribution in [2.75, 3.05) is 6.61 Å². The van der Waals surface area contributed by atoms with Gasteiger partial charge < -0.3 is 9.47 Å². The van der Waals surface area contributed by atoms with E-state index < -0.39 is 0 Å². The second-order valence-electron chi connectivity index (χ2n) is 3.79. The minimum Gasteiger partial charge on any atom is -0.466 e. The Bertz CT molecular complexity index is 237. The van der Waals surface area contributed by atoms with Crippen molar-refractivity contribution in [3.05, 3.63) is 0 Å². The van der Waals surface area contributed by atoms with Crippen molar-refractivity contribution in [3.63, 3.8) is 0 Å². The molecule has 1 aliphatic rings. The first-order valence-electron chi connectivity index (χ1n) is 5.49. The predicted molar refractivity (Wildman–Crippen MR) is 54.1 cm³/mol. The number of hydrogen-bond donors (Lipinski definition) is 0. The molecule has 0 aromatic heterocycles. The van der Waals surface area contributed by atoms with Crippen LogP contribution in [0.25, 0.3) is 0 Å². The molecule has 1 saturated carbocycles. The minimum atomic E-state index is -0.323. The third-order valence-corrected chi connectivity index (χ3v) is 2.61. The Labute approximate surface area is 89.9 Å². The average Bonchev–Trinajstić information content (AvgIpc) is 2.18. The van der Waals surface area contributed by atoms with Crippen LogP contribution in [0.1, 0.15) is 39.5 Å². The van der Waals surface area contributed by atoms with E-state index in [0.717, 1.165) is 25.7 Å². The molecule has 0 aliphatic heterocycles. The van der Waals surface area contributed by atoms with Crippen LogP contribution in [0.15, 0.2) is 0 Å². The van der Waals surface area contributed by atoms with Gasteiger partial charge >= 0.3 is 11.9 Å². The summed E-state index contributed by atoms with van der Waals surface area (Å²) in [7, 11) is 0. The molecule has 86 valence electrons. The predicted octanol–water partition coefficient (Wildman–Crippen LogP) is 1.67. The van der Waals surface area contributed by atoms with E-state index in [0.29, 0.717) is 6.61 Å². The van der Waals surface area contributed by atoms with Crippen molar-refractivity contribution in [2.24, 2.45) is 5.92 Å². The molecule has 0 aromatic carbocycles. The largest absolute Gasteiger partial charge is 0.466 e. The van der Waals surface area contributed by atoms with Crippen LogP contribution in [0.5, 0.6) is 0 Å². The molecule has 0 spiro atoms. The van der Waals surface area contributed by atoms with E-state index in [1.54, 1.807) is 6.92 Å². The van der Waals surface area contributed by atoms with Crippen molar-refractivity contribution in [1.29, 1.82) is 0 Å². The lowest BCUT2D eigenvalue weighted by Gasteiger charge is -2.28. The molecule has 1 aliphatic carbocycles. The van der Waals surface area contributed by atoms with Crippen LogP contribution in [0, 0.1) is 5.92 Å². The number of hydrogen-bond acceptors (Lipinski definition) is 4. The lowest BCUT2D eigenvalue weighted by atomic mass is 9.86. The lowest BCUT2D eigenvalue weighted by Crippen LogP contribution is -2.35. The average molecular weight is 214 g/mol. The van der Waals surface area contributed by atoms with Gasteiger partial charge in [0.05, 0.1) is 12.5 Å². The molecule has 0 saturated heterocycles. The Balaban J connectivity index is 2.56. The van der Waals surface area contributed by atoms with E-state index in [2.05, 4.69) is 0 Å². The van der Waals surface area contributed by atoms with Crippen molar-refractivity contribution in [1.82, 2.24) is 0 Å². The monoisotopic (exact) mass is 214 g/mol. The summed E-state index contributed by atoms with van der Waals surface area (Å²) in [5.41, 5.74) is 0. The van der Waals surface area contributed by atoms with Crippen LogP contribution < -0.4 is 0 Å². The van der Waals surface area contributed by atoms with Crippen LogP contribution in [0.2, 0.25) is 0 Å². The fraction of sp³-hybridized carbons (Fsp3) is 0.818. The Morgan fingerprint density at radius 1 is 1.27 bits per heavy atom. The molecule has 4 heteroatoms. The van der Waals surface area contributed by atoms with Gasteiger partial charge in [0.1, 0.15) is 6.10 Å². The summed E-state index contributed by atoms with van der Waals surface area (Å²) < 4.78 is 10.1. The van der Waals surface area contributed by atoms with Crippen molar-refractivity contribution >= 4 is 11.9 Å². The molecule has 0 bridgehead atoms. The SMILES string of the molecule is CCOC(=O)[C@@H]1CCCC[C@H]1OC(C)=O. The first-order chi connectivity index (χ1) is 7.15. The number of ether oxygens (including phenoxy) is 2. The highest BCUT2D eigenvalue weighted by Crippen LogP contribution is 2.28. The normalized spacial score (nSPS) is 25.7. The molecule has 2 atom stereocenters. The second-order valence-corrected chi connectivity index (χ2v) is 3.79. The van der Waals surface area contributed by atoms with Gasteiger partial charge in [0.25, 0.3) is 0 Å². The molecular weight excluding hydrogens is 196 g/mol. The summed E-state index contributed by atoms with van der Waals surface area (Å²) in [5, 5.41) is 0. The Hall–Kier alpha value is -1.06. The highest BCUT2D eigenvalue weighted by molar-refractivity contribution is 5.74. The van der Waals surface area contributed by atoms with E-state index in [9.17, 15) is 9.59 Å². The van der Waals surface area contributed by atoms with Gasteiger partial charge in [-0.05, 0) is 26.2 Å². The summed E-state index contributed by atoms with van der Waals surface area (Å²) in [6.45, 7) is 3.53. The fourth-order valence-electron chi connectivity index (χ4n) is 1.97.